The number of fused-ring (bicyclic) bond motifs is 2. The summed E-state index contributed by atoms with van der Waals surface area (Å²) < 4.78 is 6.82. The van der Waals surface area contributed by atoms with Gasteiger partial charge in [-0.15, -0.1) is 0 Å². The van der Waals surface area contributed by atoms with Gasteiger partial charge in [0.2, 0.25) is 5.91 Å². The van der Waals surface area contributed by atoms with Gasteiger partial charge in [-0.25, -0.2) is 0 Å². The number of aliphatic hydroxyl groups excluding tert-OH is 2. The summed E-state index contributed by atoms with van der Waals surface area (Å²) in [5, 5.41) is 22.3. The third-order valence-corrected chi connectivity index (χ3v) is 11.4. The van der Waals surface area contributed by atoms with Crippen molar-refractivity contribution in [2.45, 2.75) is 63.3 Å². The number of benzene rings is 3. The van der Waals surface area contributed by atoms with E-state index in [9.17, 15) is 29.4 Å². The molecule has 0 aliphatic carbocycles. The summed E-state index contributed by atoms with van der Waals surface area (Å²) in [6, 6.07) is 23.7. The van der Waals surface area contributed by atoms with Gasteiger partial charge < -0.3 is 30.0 Å². The topological polar surface area (TPSA) is 140 Å². The second-order valence-electron chi connectivity index (χ2n) is 12.5. The lowest BCUT2D eigenvalue weighted by Gasteiger charge is -2.32. The van der Waals surface area contributed by atoms with E-state index >= 15 is 0 Å². The molecule has 5 rings (SSSR count). The smallest absolute Gasteiger partial charge is 0.268 e. The molecule has 0 aromatic heterocycles. The van der Waals surface area contributed by atoms with Crippen molar-refractivity contribution < 1.29 is 34.1 Å². The van der Waals surface area contributed by atoms with E-state index in [0.717, 1.165) is 5.56 Å². The molecule has 2 aliphatic heterocycles. The number of carbonyl (C=O) groups is 3. The van der Waals surface area contributed by atoms with Crippen LogP contribution in [-0.4, -0.2) is 71.3 Å². The van der Waals surface area contributed by atoms with Gasteiger partial charge in [-0.3, -0.25) is 19.3 Å². The van der Waals surface area contributed by atoms with Crippen LogP contribution in [0.1, 0.15) is 31.4 Å². The molecule has 1 saturated heterocycles. The first kappa shape index (κ1) is 32.5. The monoisotopic (exact) mass is 631 g/mol. The van der Waals surface area contributed by atoms with Crippen molar-refractivity contribution in [3.05, 3.63) is 90.0 Å². The lowest BCUT2D eigenvalue weighted by atomic mass is 9.82. The van der Waals surface area contributed by atoms with Gasteiger partial charge in [-0.05, 0) is 55.9 Å². The van der Waals surface area contributed by atoms with Crippen molar-refractivity contribution in [3.63, 3.8) is 0 Å². The molecule has 3 aromatic rings. The highest BCUT2D eigenvalue weighted by Gasteiger charge is 2.66. The minimum atomic E-state index is -3.06. The van der Waals surface area contributed by atoms with Crippen LogP contribution in [0.5, 0.6) is 0 Å². The highest BCUT2D eigenvalue weighted by Crippen LogP contribution is 2.61. The van der Waals surface area contributed by atoms with E-state index in [4.69, 9.17) is 4.74 Å². The molecule has 0 saturated carbocycles. The Kier molecular flexibility index (Phi) is 9.29. The maximum Gasteiger partial charge on any atom is 0.268 e. The van der Waals surface area contributed by atoms with E-state index in [1.54, 1.807) is 41.1 Å². The zero-order valence-corrected chi connectivity index (χ0v) is 27.0. The van der Waals surface area contributed by atoms with Crippen molar-refractivity contribution in [2.24, 2.45) is 5.92 Å². The van der Waals surface area contributed by atoms with E-state index in [0.29, 0.717) is 29.2 Å². The number of hydrogen-bond acceptors (Lipinski definition) is 7. The van der Waals surface area contributed by atoms with Crippen LogP contribution in [0.2, 0.25) is 18.6 Å². The quantitative estimate of drug-likeness (QED) is 0.249. The summed E-state index contributed by atoms with van der Waals surface area (Å²) in [6.07, 6.45) is -2.12. The number of anilines is 3. The fraction of sp³-hybridized carbons (Fsp3) is 0.382. The van der Waals surface area contributed by atoms with Gasteiger partial charge in [0.1, 0.15) is 6.10 Å². The van der Waals surface area contributed by atoms with Gasteiger partial charge in [0.15, 0.2) is 13.9 Å². The molecule has 2 aliphatic rings. The summed E-state index contributed by atoms with van der Waals surface area (Å²) in [7, 11) is -3.06. The number of nitrogens with one attached hydrogen (secondary N) is 1. The fourth-order valence-electron chi connectivity index (χ4n) is 6.88. The lowest BCUT2D eigenvalue weighted by Crippen LogP contribution is -2.45. The van der Waals surface area contributed by atoms with Crippen molar-refractivity contribution in [3.8, 4) is 0 Å². The minimum absolute atomic E-state index is 0.0903. The predicted octanol–water partition coefficient (Wildman–Crippen LogP) is 3.89. The average Bonchev–Trinajstić information content (AvgIpc) is 3.43. The van der Waals surface area contributed by atoms with Crippen LogP contribution >= 0.6 is 0 Å². The maximum absolute atomic E-state index is 14.7. The van der Waals surface area contributed by atoms with E-state index in [1.807, 2.05) is 67.6 Å². The Bertz CT molecular complexity index is 1550. The number of ether oxygens (including phenoxy) is 1. The molecule has 5 atom stereocenters. The molecule has 0 bridgehead atoms. The SMILES string of the molecule is C[C@H](O)C(=O)Nc1ccc2c(c1)[C@@]1(O[C@H](CC(=O)N(CCO)Cc3ccccc3)[C@@H]([Si](C)(C)O)[C@@H]1C)C(=O)N2c1ccccc1. The van der Waals surface area contributed by atoms with E-state index in [2.05, 4.69) is 5.32 Å². The van der Waals surface area contributed by atoms with Crippen LogP contribution in [0.25, 0.3) is 0 Å². The van der Waals surface area contributed by atoms with Gasteiger partial charge in [0.05, 0.1) is 24.8 Å². The molecule has 2 heterocycles. The first-order valence-electron chi connectivity index (χ1n) is 15.2. The Hall–Kier alpha value is -3.87. The average molecular weight is 632 g/mol. The molecule has 45 heavy (non-hydrogen) atoms. The number of rotatable bonds is 10. The Morgan fingerprint density at radius 1 is 1.07 bits per heavy atom. The molecule has 3 amide bonds. The highest BCUT2D eigenvalue weighted by atomic mass is 28.4. The van der Waals surface area contributed by atoms with Gasteiger partial charge in [0.25, 0.3) is 11.8 Å². The van der Waals surface area contributed by atoms with Gasteiger partial charge in [-0.2, -0.15) is 0 Å². The zero-order valence-electron chi connectivity index (χ0n) is 26.0. The van der Waals surface area contributed by atoms with Gasteiger partial charge >= 0.3 is 0 Å². The molecule has 10 nitrogen and oxygen atoms in total. The Morgan fingerprint density at radius 2 is 1.71 bits per heavy atom. The largest absolute Gasteiger partial charge is 0.432 e. The molecule has 0 unspecified atom stereocenters. The van der Waals surface area contributed by atoms with E-state index in [1.165, 1.54) is 6.92 Å². The standard InChI is InChI=1S/C34H41N3O7Si/c1-22-31(45(3,4)43)29(20-30(40)36(17-18-38)21-24-11-7-5-8-12-24)44-34(22)27-19-25(35-32(41)23(2)39)15-16-28(27)37(33(34)42)26-13-9-6-10-14-26/h5-16,19,22-23,29,31,38-39,43H,17-18,20-21H2,1-4H3,(H,35,41)/t22-,23-,29+,31-,34+/m0/s1. The molecule has 238 valence electrons. The number of para-hydroxylation sites is 1. The Balaban J connectivity index is 1.57. The Labute approximate surface area is 264 Å². The second-order valence-corrected chi connectivity index (χ2v) is 16.4. The van der Waals surface area contributed by atoms with Gasteiger partial charge in [0, 0.05) is 41.5 Å². The number of carbonyl (C=O) groups excluding carboxylic acids is 3. The summed E-state index contributed by atoms with van der Waals surface area (Å²) in [5.74, 6) is -1.73. The number of aliphatic hydroxyl groups is 2. The first-order chi connectivity index (χ1) is 21.4. The number of amides is 3. The molecule has 1 fully saturated rings. The summed E-state index contributed by atoms with van der Waals surface area (Å²) in [4.78, 5) is 55.7. The number of nitrogens with zero attached hydrogens (tertiary/aromatic N) is 2. The van der Waals surface area contributed by atoms with Crippen molar-refractivity contribution >= 4 is 43.1 Å². The van der Waals surface area contributed by atoms with Crippen LogP contribution in [0.3, 0.4) is 0 Å². The molecule has 11 heteroatoms. The fourth-order valence-corrected chi connectivity index (χ4v) is 9.43. The normalized spacial score (nSPS) is 23.2. The van der Waals surface area contributed by atoms with Crippen LogP contribution in [-0.2, 0) is 31.3 Å². The summed E-state index contributed by atoms with van der Waals surface area (Å²) in [6.45, 7) is 7.04. The van der Waals surface area contributed by atoms with Crippen LogP contribution in [0.15, 0.2) is 78.9 Å². The molecule has 1 spiro atoms. The summed E-state index contributed by atoms with van der Waals surface area (Å²) >= 11 is 0. The van der Waals surface area contributed by atoms with Crippen LogP contribution in [0, 0.1) is 5.92 Å². The number of hydrogen-bond donors (Lipinski definition) is 4. The maximum atomic E-state index is 14.7. The Morgan fingerprint density at radius 3 is 2.31 bits per heavy atom. The molecular formula is C34H41N3O7Si. The molecule has 3 aromatic carbocycles. The first-order valence-corrected chi connectivity index (χ1v) is 18.3. The van der Waals surface area contributed by atoms with Crippen molar-refractivity contribution in [1.29, 1.82) is 0 Å². The predicted molar refractivity (Wildman–Crippen MR) is 173 cm³/mol. The van der Waals surface area contributed by atoms with Crippen LogP contribution in [0.4, 0.5) is 17.1 Å². The lowest BCUT2D eigenvalue weighted by molar-refractivity contribution is -0.149. The third-order valence-electron chi connectivity index (χ3n) is 8.87. The minimum Gasteiger partial charge on any atom is -0.432 e. The second kappa shape index (κ2) is 12.9. The molecule has 0 radical (unpaired) electrons. The third kappa shape index (κ3) is 6.18. The van der Waals surface area contributed by atoms with E-state index < -0.39 is 43.5 Å². The molecule has 4 N–H and O–H groups in total. The van der Waals surface area contributed by atoms with Crippen molar-refractivity contribution in [2.75, 3.05) is 23.4 Å². The zero-order chi connectivity index (χ0) is 32.5. The van der Waals surface area contributed by atoms with E-state index in [-0.39, 0.29) is 31.4 Å². The summed E-state index contributed by atoms with van der Waals surface area (Å²) in [5.41, 5.74) is 0.953. The van der Waals surface area contributed by atoms with Crippen molar-refractivity contribution in [1.82, 2.24) is 4.90 Å². The highest BCUT2D eigenvalue weighted by molar-refractivity contribution is 6.71. The van der Waals surface area contributed by atoms with Gasteiger partial charge in [-0.1, -0.05) is 55.5 Å². The van der Waals surface area contributed by atoms with Crippen LogP contribution < -0.4 is 10.2 Å². The molecular weight excluding hydrogens is 590 g/mol.